The Labute approximate surface area is 123 Å². The van der Waals surface area contributed by atoms with Crippen LogP contribution in [0.2, 0.25) is 0 Å². The number of thiophene rings is 1. The van der Waals surface area contributed by atoms with E-state index in [9.17, 15) is 14.9 Å². The molecule has 2 aromatic rings. The van der Waals surface area contributed by atoms with E-state index in [1.165, 1.54) is 12.1 Å². The van der Waals surface area contributed by atoms with Crippen LogP contribution in [-0.4, -0.2) is 16.8 Å². The van der Waals surface area contributed by atoms with Gasteiger partial charge in [0.15, 0.2) is 5.70 Å². The number of ether oxygens (including phenoxy) is 1. The average molecular weight is 300 g/mol. The number of nitro groups is 1. The molecule has 6 nitrogen and oxygen atoms in total. The molecule has 0 unspecified atom stereocenters. The number of carbonyl (C=O) groups is 1. The Morgan fingerprint density at radius 3 is 2.62 bits per heavy atom. The second-order valence-corrected chi connectivity index (χ2v) is 5.23. The summed E-state index contributed by atoms with van der Waals surface area (Å²) in [7, 11) is 0. The van der Waals surface area contributed by atoms with Gasteiger partial charge in [-0.25, -0.2) is 9.79 Å². The van der Waals surface area contributed by atoms with Crippen molar-refractivity contribution >= 4 is 34.3 Å². The van der Waals surface area contributed by atoms with Crippen molar-refractivity contribution in [2.75, 3.05) is 0 Å². The second-order valence-electron chi connectivity index (χ2n) is 4.14. The molecule has 0 bridgehead atoms. The number of rotatable bonds is 3. The Hall–Kier alpha value is -2.80. The fourth-order valence-corrected chi connectivity index (χ4v) is 2.52. The minimum atomic E-state index is -0.565. The molecule has 0 radical (unpaired) electrons. The molecule has 0 saturated heterocycles. The number of hydrogen-bond acceptors (Lipinski definition) is 6. The van der Waals surface area contributed by atoms with Gasteiger partial charge in [0.1, 0.15) is 0 Å². The van der Waals surface area contributed by atoms with Gasteiger partial charge in [0.05, 0.1) is 4.92 Å². The van der Waals surface area contributed by atoms with Crippen LogP contribution < -0.4 is 0 Å². The summed E-state index contributed by atoms with van der Waals surface area (Å²) in [4.78, 5) is 26.6. The molecule has 1 aliphatic rings. The predicted octanol–water partition coefficient (Wildman–Crippen LogP) is 3.00. The average Bonchev–Trinajstić information content (AvgIpc) is 3.08. The summed E-state index contributed by atoms with van der Waals surface area (Å²) >= 11 is 0.974. The summed E-state index contributed by atoms with van der Waals surface area (Å²) in [5.74, 6) is -0.331. The Bertz CT molecular complexity index is 777. The quantitative estimate of drug-likeness (QED) is 0.377. The maximum Gasteiger partial charge on any atom is 0.363 e. The summed E-state index contributed by atoms with van der Waals surface area (Å²) in [6.07, 6.45) is 1.48. The van der Waals surface area contributed by atoms with Crippen LogP contribution in [0.4, 0.5) is 5.00 Å². The molecular formula is C14H8N2O4S. The third kappa shape index (κ3) is 2.72. The van der Waals surface area contributed by atoms with Gasteiger partial charge >= 0.3 is 11.0 Å². The van der Waals surface area contributed by atoms with Gasteiger partial charge in [0, 0.05) is 16.5 Å². The molecule has 104 valence electrons. The van der Waals surface area contributed by atoms with Crippen molar-refractivity contribution < 1.29 is 14.5 Å². The van der Waals surface area contributed by atoms with Gasteiger partial charge in [-0.3, -0.25) is 10.1 Å². The molecule has 0 aliphatic carbocycles. The molecule has 0 fully saturated rings. The minimum Gasteiger partial charge on any atom is -0.402 e. The third-order valence-electron chi connectivity index (χ3n) is 2.71. The van der Waals surface area contributed by atoms with Crippen LogP contribution in [0, 0.1) is 10.1 Å². The summed E-state index contributed by atoms with van der Waals surface area (Å²) in [6.45, 7) is 0. The number of benzene rings is 1. The van der Waals surface area contributed by atoms with Crippen molar-refractivity contribution in [3.05, 3.63) is 68.7 Å². The van der Waals surface area contributed by atoms with Gasteiger partial charge in [-0.05, 0) is 24.3 Å². The molecule has 0 saturated carbocycles. The molecule has 2 heterocycles. The van der Waals surface area contributed by atoms with E-state index < -0.39 is 10.9 Å². The lowest BCUT2D eigenvalue weighted by Gasteiger charge is -1.97. The van der Waals surface area contributed by atoms with Gasteiger partial charge in [-0.2, -0.15) is 0 Å². The molecule has 0 amide bonds. The van der Waals surface area contributed by atoms with Crippen molar-refractivity contribution in [3.63, 3.8) is 0 Å². The van der Waals surface area contributed by atoms with E-state index in [1.807, 2.05) is 18.2 Å². The predicted molar refractivity (Wildman–Crippen MR) is 78.0 cm³/mol. The molecule has 1 aromatic heterocycles. The van der Waals surface area contributed by atoms with E-state index in [2.05, 4.69) is 4.99 Å². The maximum absolute atomic E-state index is 11.8. The molecular weight excluding hydrogens is 292 g/mol. The summed E-state index contributed by atoms with van der Waals surface area (Å²) in [5, 5.41) is 10.6. The van der Waals surface area contributed by atoms with E-state index in [0.29, 0.717) is 10.4 Å². The SMILES string of the molecule is O=C1OC(c2ccccc2)=N/C1=C\c1ccc([N+](=O)[O-])s1. The number of carbonyl (C=O) groups excluding carboxylic acids is 1. The summed E-state index contributed by atoms with van der Waals surface area (Å²) in [6, 6.07) is 12.0. The first-order valence-electron chi connectivity index (χ1n) is 5.96. The number of aliphatic imine (C=N–C) groups is 1. The van der Waals surface area contributed by atoms with Gasteiger partial charge in [0.25, 0.3) is 0 Å². The van der Waals surface area contributed by atoms with Crippen LogP contribution in [0.15, 0.2) is 53.2 Å². The maximum atomic E-state index is 11.8. The number of nitrogens with zero attached hydrogens (tertiary/aromatic N) is 2. The van der Waals surface area contributed by atoms with Crippen LogP contribution in [0.25, 0.3) is 6.08 Å². The van der Waals surface area contributed by atoms with E-state index in [0.717, 1.165) is 11.3 Å². The normalized spacial score (nSPS) is 15.9. The molecule has 1 aliphatic heterocycles. The summed E-state index contributed by atoms with van der Waals surface area (Å²) in [5.41, 5.74) is 0.831. The van der Waals surface area contributed by atoms with Crippen LogP contribution in [0.1, 0.15) is 10.4 Å². The smallest absolute Gasteiger partial charge is 0.363 e. The van der Waals surface area contributed by atoms with Gasteiger partial charge in [0.2, 0.25) is 5.90 Å². The van der Waals surface area contributed by atoms with Gasteiger partial charge < -0.3 is 4.74 Å². The topological polar surface area (TPSA) is 81.8 Å². The zero-order chi connectivity index (χ0) is 14.8. The molecule has 1 aromatic carbocycles. The molecule has 0 atom stereocenters. The third-order valence-corrected chi connectivity index (χ3v) is 3.70. The lowest BCUT2D eigenvalue weighted by molar-refractivity contribution is -0.380. The lowest BCUT2D eigenvalue weighted by Crippen LogP contribution is -2.04. The van der Waals surface area contributed by atoms with E-state index >= 15 is 0 Å². The highest BCUT2D eigenvalue weighted by Gasteiger charge is 2.24. The minimum absolute atomic E-state index is 0.0143. The van der Waals surface area contributed by atoms with Crippen LogP contribution in [0.3, 0.4) is 0 Å². The first-order chi connectivity index (χ1) is 10.1. The monoisotopic (exact) mass is 300 g/mol. The number of cyclic esters (lactones) is 1. The van der Waals surface area contributed by atoms with E-state index in [1.54, 1.807) is 18.2 Å². The highest BCUT2D eigenvalue weighted by atomic mass is 32.1. The zero-order valence-electron chi connectivity index (χ0n) is 10.6. The molecule has 7 heteroatoms. The Kier molecular flexibility index (Phi) is 3.33. The fraction of sp³-hybridized carbons (Fsp3) is 0. The van der Waals surface area contributed by atoms with Crippen molar-refractivity contribution in [1.82, 2.24) is 0 Å². The van der Waals surface area contributed by atoms with Crippen molar-refractivity contribution in [3.8, 4) is 0 Å². The second kappa shape index (κ2) is 5.29. The van der Waals surface area contributed by atoms with E-state index in [-0.39, 0.29) is 16.6 Å². The first-order valence-corrected chi connectivity index (χ1v) is 6.77. The van der Waals surface area contributed by atoms with Gasteiger partial charge in [-0.1, -0.05) is 29.5 Å². The highest BCUT2D eigenvalue weighted by Crippen LogP contribution is 2.27. The number of hydrogen-bond donors (Lipinski definition) is 0. The molecule has 0 N–H and O–H groups in total. The fourth-order valence-electron chi connectivity index (χ4n) is 1.77. The number of esters is 1. The molecule has 21 heavy (non-hydrogen) atoms. The van der Waals surface area contributed by atoms with Crippen molar-refractivity contribution in [1.29, 1.82) is 0 Å². The van der Waals surface area contributed by atoms with Crippen molar-refractivity contribution in [2.45, 2.75) is 0 Å². The van der Waals surface area contributed by atoms with Crippen LogP contribution >= 0.6 is 11.3 Å². The highest BCUT2D eigenvalue weighted by molar-refractivity contribution is 7.16. The van der Waals surface area contributed by atoms with Crippen LogP contribution in [-0.2, 0) is 9.53 Å². The standard InChI is InChI=1S/C14H8N2O4S/c17-14-11(8-10-6-7-12(21-10)16(18)19)15-13(20-14)9-4-2-1-3-5-9/h1-8H/b11-8-. The Balaban J connectivity index is 1.91. The Morgan fingerprint density at radius 1 is 1.19 bits per heavy atom. The molecule has 0 spiro atoms. The lowest BCUT2D eigenvalue weighted by atomic mass is 10.2. The molecule has 3 rings (SSSR count). The van der Waals surface area contributed by atoms with E-state index in [4.69, 9.17) is 4.74 Å². The largest absolute Gasteiger partial charge is 0.402 e. The van der Waals surface area contributed by atoms with Crippen LogP contribution in [0.5, 0.6) is 0 Å². The first kappa shape index (κ1) is 13.2. The zero-order valence-corrected chi connectivity index (χ0v) is 11.4. The van der Waals surface area contributed by atoms with Crippen molar-refractivity contribution in [2.24, 2.45) is 4.99 Å². The Morgan fingerprint density at radius 2 is 1.95 bits per heavy atom. The summed E-state index contributed by atoms with van der Waals surface area (Å²) < 4.78 is 5.10. The van der Waals surface area contributed by atoms with Gasteiger partial charge in [-0.15, -0.1) is 0 Å².